The molecule has 0 saturated carbocycles. The van der Waals surface area contributed by atoms with Gasteiger partial charge in [-0.3, -0.25) is 15.1 Å². The Kier molecular flexibility index (Phi) is 3.90. The molecule has 1 aromatic carbocycles. The van der Waals surface area contributed by atoms with E-state index in [0.717, 1.165) is 16.4 Å². The van der Waals surface area contributed by atoms with Crippen LogP contribution in [0.15, 0.2) is 29.3 Å². The van der Waals surface area contributed by atoms with Crippen molar-refractivity contribution in [3.05, 3.63) is 29.8 Å². The third kappa shape index (κ3) is 2.77. The summed E-state index contributed by atoms with van der Waals surface area (Å²) >= 11 is 3.20. The molecule has 2 heterocycles. The van der Waals surface area contributed by atoms with Crippen molar-refractivity contribution in [2.24, 2.45) is 4.99 Å². The number of phenolic OH excluding ortho intramolecular Hbond substituents is 1. The first kappa shape index (κ1) is 14.7. The summed E-state index contributed by atoms with van der Waals surface area (Å²) in [5.41, 5.74) is -0.137. The molecule has 0 radical (unpaired) electrons. The standard InChI is InChI=1S/C14H16N2O3S2/c1-14(13(18)19)7-21-12(16-14)9-6-20-11(15-9)8-4-2-3-5-10(8)17/h2-5,9,12,16-17H,6-7H2,1H3,(H,18,19)/t9-,12+,14-/m1/s1. The summed E-state index contributed by atoms with van der Waals surface area (Å²) in [6.45, 7) is 1.71. The van der Waals surface area contributed by atoms with Crippen LogP contribution in [0.25, 0.3) is 0 Å². The van der Waals surface area contributed by atoms with E-state index in [1.807, 2.05) is 12.1 Å². The first-order valence-corrected chi connectivity index (χ1v) is 8.65. The minimum Gasteiger partial charge on any atom is -0.507 e. The smallest absolute Gasteiger partial charge is 0.324 e. The second-order valence-corrected chi connectivity index (χ2v) is 7.48. The summed E-state index contributed by atoms with van der Waals surface area (Å²) in [6, 6.07) is 7.17. The fourth-order valence-electron chi connectivity index (χ4n) is 2.33. The number of aromatic hydroxyl groups is 1. The number of aliphatic carboxylic acids is 1. The highest BCUT2D eigenvalue weighted by Gasteiger charge is 2.45. The normalized spacial score (nSPS) is 32.1. The van der Waals surface area contributed by atoms with Gasteiger partial charge in [-0.15, -0.1) is 23.5 Å². The van der Waals surface area contributed by atoms with Crippen molar-refractivity contribution in [2.75, 3.05) is 11.5 Å². The molecule has 0 aliphatic carbocycles. The number of nitrogens with zero attached hydrogens (tertiary/aromatic N) is 1. The van der Waals surface area contributed by atoms with Gasteiger partial charge in [-0.05, 0) is 19.1 Å². The Morgan fingerprint density at radius 3 is 2.90 bits per heavy atom. The largest absolute Gasteiger partial charge is 0.507 e. The SMILES string of the molecule is C[C@]1(C(=O)O)CS[C@@H]([C@H]2CSC(c3ccccc3O)=N2)N1. The number of para-hydroxylation sites is 1. The first-order chi connectivity index (χ1) is 9.99. The van der Waals surface area contributed by atoms with E-state index in [0.29, 0.717) is 5.75 Å². The van der Waals surface area contributed by atoms with Gasteiger partial charge in [0.25, 0.3) is 0 Å². The molecule has 3 rings (SSSR count). The molecular formula is C14H16N2O3S2. The van der Waals surface area contributed by atoms with Gasteiger partial charge in [-0.2, -0.15) is 0 Å². The lowest BCUT2D eigenvalue weighted by molar-refractivity contribution is -0.142. The predicted molar refractivity (Wildman–Crippen MR) is 86.3 cm³/mol. The first-order valence-electron chi connectivity index (χ1n) is 6.61. The number of benzene rings is 1. The zero-order valence-electron chi connectivity index (χ0n) is 11.4. The molecule has 0 unspecified atom stereocenters. The van der Waals surface area contributed by atoms with Gasteiger partial charge in [-0.1, -0.05) is 12.1 Å². The molecule has 2 aliphatic rings. The predicted octanol–water partition coefficient (Wildman–Crippen LogP) is 1.76. The average molecular weight is 324 g/mol. The van der Waals surface area contributed by atoms with Crippen molar-refractivity contribution in [1.29, 1.82) is 0 Å². The van der Waals surface area contributed by atoms with Crippen LogP contribution in [0.1, 0.15) is 12.5 Å². The Morgan fingerprint density at radius 1 is 1.48 bits per heavy atom. The number of aliphatic imine (C=N–C) groups is 1. The lowest BCUT2D eigenvalue weighted by Gasteiger charge is -2.21. The van der Waals surface area contributed by atoms with E-state index in [9.17, 15) is 15.0 Å². The van der Waals surface area contributed by atoms with E-state index in [2.05, 4.69) is 10.3 Å². The van der Waals surface area contributed by atoms with E-state index < -0.39 is 11.5 Å². The van der Waals surface area contributed by atoms with Crippen LogP contribution in [-0.2, 0) is 4.79 Å². The summed E-state index contributed by atoms with van der Waals surface area (Å²) < 4.78 is 0. The van der Waals surface area contributed by atoms with Crippen LogP contribution in [0.5, 0.6) is 5.75 Å². The molecule has 0 aromatic heterocycles. The zero-order valence-corrected chi connectivity index (χ0v) is 13.1. The molecule has 0 spiro atoms. The van der Waals surface area contributed by atoms with Gasteiger partial charge in [-0.25, -0.2) is 0 Å². The highest BCUT2D eigenvalue weighted by atomic mass is 32.2. The molecule has 112 valence electrons. The summed E-state index contributed by atoms with van der Waals surface area (Å²) in [7, 11) is 0. The maximum absolute atomic E-state index is 11.3. The number of hydrogen-bond acceptors (Lipinski definition) is 6. The lowest BCUT2D eigenvalue weighted by Crippen LogP contribution is -2.51. The third-order valence-corrected chi connectivity index (χ3v) is 6.28. The van der Waals surface area contributed by atoms with E-state index in [1.54, 1.807) is 42.6 Å². The molecule has 5 nitrogen and oxygen atoms in total. The fourth-order valence-corrected chi connectivity index (χ4v) is 5.03. The van der Waals surface area contributed by atoms with Crippen LogP contribution >= 0.6 is 23.5 Å². The van der Waals surface area contributed by atoms with E-state index in [4.69, 9.17) is 0 Å². The van der Waals surface area contributed by atoms with Gasteiger partial charge in [0, 0.05) is 17.1 Å². The van der Waals surface area contributed by atoms with Gasteiger partial charge in [0.1, 0.15) is 16.3 Å². The van der Waals surface area contributed by atoms with Gasteiger partial charge in [0.15, 0.2) is 0 Å². The average Bonchev–Trinajstić information content (AvgIpc) is 3.07. The molecule has 3 atom stereocenters. The van der Waals surface area contributed by atoms with Crippen LogP contribution in [0.4, 0.5) is 0 Å². The van der Waals surface area contributed by atoms with Gasteiger partial charge < -0.3 is 10.2 Å². The summed E-state index contributed by atoms with van der Waals surface area (Å²) in [5.74, 6) is 0.736. The van der Waals surface area contributed by atoms with E-state index in [1.165, 1.54) is 0 Å². The van der Waals surface area contributed by atoms with Crippen molar-refractivity contribution in [3.63, 3.8) is 0 Å². The zero-order chi connectivity index (χ0) is 15.0. The topological polar surface area (TPSA) is 81.9 Å². The van der Waals surface area contributed by atoms with Crippen LogP contribution in [0, 0.1) is 0 Å². The van der Waals surface area contributed by atoms with Gasteiger partial charge >= 0.3 is 5.97 Å². The van der Waals surface area contributed by atoms with Crippen molar-refractivity contribution < 1.29 is 15.0 Å². The number of nitrogens with one attached hydrogen (secondary N) is 1. The van der Waals surface area contributed by atoms with E-state index >= 15 is 0 Å². The molecule has 0 bridgehead atoms. The number of thioether (sulfide) groups is 2. The maximum Gasteiger partial charge on any atom is 0.324 e. The van der Waals surface area contributed by atoms with Crippen molar-refractivity contribution in [3.8, 4) is 5.75 Å². The highest BCUT2D eigenvalue weighted by molar-refractivity contribution is 8.14. The molecule has 1 aromatic rings. The fraction of sp³-hybridized carbons (Fsp3) is 0.429. The number of carboxylic acid groups (broad SMARTS) is 1. The Hall–Kier alpha value is -1.18. The Morgan fingerprint density at radius 2 is 2.24 bits per heavy atom. The Bertz CT molecular complexity index is 608. The molecule has 3 N–H and O–H groups in total. The number of rotatable bonds is 3. The third-order valence-electron chi connectivity index (χ3n) is 3.64. The Labute approximate surface area is 131 Å². The molecule has 21 heavy (non-hydrogen) atoms. The highest BCUT2D eigenvalue weighted by Crippen LogP contribution is 2.36. The maximum atomic E-state index is 11.3. The molecule has 2 aliphatic heterocycles. The van der Waals surface area contributed by atoms with Gasteiger partial charge in [0.05, 0.1) is 11.4 Å². The number of phenols is 1. The van der Waals surface area contributed by atoms with Crippen LogP contribution in [0.2, 0.25) is 0 Å². The minimum absolute atomic E-state index is 0.00181. The molecular weight excluding hydrogens is 308 g/mol. The van der Waals surface area contributed by atoms with Crippen LogP contribution in [-0.4, -0.2) is 49.7 Å². The lowest BCUT2D eigenvalue weighted by atomic mass is 10.1. The second kappa shape index (κ2) is 5.55. The summed E-state index contributed by atoms with van der Waals surface area (Å²) in [6.07, 6.45) is 0. The Balaban J connectivity index is 1.76. The minimum atomic E-state index is -0.882. The molecule has 7 heteroatoms. The summed E-state index contributed by atoms with van der Waals surface area (Å²) in [5, 5.41) is 23.1. The summed E-state index contributed by atoms with van der Waals surface area (Å²) in [4.78, 5) is 15.9. The molecule has 1 saturated heterocycles. The van der Waals surface area contributed by atoms with Crippen LogP contribution < -0.4 is 5.32 Å². The quantitative estimate of drug-likeness (QED) is 0.786. The van der Waals surface area contributed by atoms with Crippen molar-refractivity contribution >= 4 is 34.5 Å². The number of carbonyl (C=O) groups is 1. The molecule has 1 fully saturated rings. The van der Waals surface area contributed by atoms with Gasteiger partial charge in [0.2, 0.25) is 0 Å². The number of carboxylic acids is 1. The second-order valence-electron chi connectivity index (χ2n) is 5.34. The monoisotopic (exact) mass is 324 g/mol. The van der Waals surface area contributed by atoms with E-state index in [-0.39, 0.29) is 17.2 Å². The van der Waals surface area contributed by atoms with Crippen LogP contribution in [0.3, 0.4) is 0 Å². The van der Waals surface area contributed by atoms with Crippen molar-refractivity contribution in [1.82, 2.24) is 5.32 Å². The number of hydrogen-bond donors (Lipinski definition) is 3. The molecule has 0 amide bonds. The van der Waals surface area contributed by atoms with Crippen molar-refractivity contribution in [2.45, 2.75) is 23.9 Å².